The van der Waals surface area contributed by atoms with Crippen molar-refractivity contribution < 1.29 is 9.53 Å². The van der Waals surface area contributed by atoms with Crippen LogP contribution in [0.3, 0.4) is 0 Å². The van der Waals surface area contributed by atoms with E-state index in [2.05, 4.69) is 5.32 Å². The summed E-state index contributed by atoms with van der Waals surface area (Å²) in [7, 11) is 0. The molecule has 0 aliphatic rings. The zero-order valence-electron chi connectivity index (χ0n) is 10.9. The molecular weight excluding hydrogens is 190 g/mol. The molecule has 0 aromatic rings. The van der Waals surface area contributed by atoms with Crippen molar-refractivity contribution in [3.63, 3.8) is 0 Å². The summed E-state index contributed by atoms with van der Waals surface area (Å²) in [6.45, 7) is 12.0. The number of carbonyl (C=O) groups is 1. The zero-order valence-corrected chi connectivity index (χ0v) is 10.9. The van der Waals surface area contributed by atoms with E-state index in [0.717, 1.165) is 12.8 Å². The first kappa shape index (κ1) is 14.4. The summed E-state index contributed by atoms with van der Waals surface area (Å²) in [5.74, 6) is -0.154. The molecule has 90 valence electrons. The molecule has 0 saturated heterocycles. The van der Waals surface area contributed by atoms with Gasteiger partial charge in [-0.3, -0.25) is 10.1 Å². The highest BCUT2D eigenvalue weighted by atomic mass is 16.5. The molecule has 0 aromatic heterocycles. The van der Waals surface area contributed by atoms with Crippen molar-refractivity contribution in [1.82, 2.24) is 5.32 Å². The van der Waals surface area contributed by atoms with Crippen LogP contribution < -0.4 is 5.32 Å². The SMILES string of the molecule is CCC(CC)OC(=O)[C@H](C)NC(C)(C)C. The Hall–Kier alpha value is -0.570. The van der Waals surface area contributed by atoms with Gasteiger partial charge < -0.3 is 4.74 Å². The molecule has 0 bridgehead atoms. The van der Waals surface area contributed by atoms with Gasteiger partial charge in [-0.05, 0) is 40.5 Å². The number of rotatable bonds is 5. The normalized spacial score (nSPS) is 14.1. The van der Waals surface area contributed by atoms with Crippen molar-refractivity contribution in [2.24, 2.45) is 0 Å². The molecule has 0 saturated carbocycles. The lowest BCUT2D eigenvalue weighted by Crippen LogP contribution is -2.47. The largest absolute Gasteiger partial charge is 0.461 e. The summed E-state index contributed by atoms with van der Waals surface area (Å²) in [4.78, 5) is 11.7. The first-order chi connectivity index (χ1) is 6.80. The standard InChI is InChI=1S/C12H25NO2/c1-7-10(8-2)15-11(14)9(3)13-12(4,5)6/h9-10,13H,7-8H2,1-6H3/t9-/m0/s1. The Morgan fingerprint density at radius 2 is 1.73 bits per heavy atom. The van der Waals surface area contributed by atoms with Crippen LogP contribution in [0.4, 0.5) is 0 Å². The van der Waals surface area contributed by atoms with Gasteiger partial charge in [0.2, 0.25) is 0 Å². The Morgan fingerprint density at radius 1 is 1.27 bits per heavy atom. The molecule has 0 aliphatic heterocycles. The van der Waals surface area contributed by atoms with Gasteiger partial charge in [0.25, 0.3) is 0 Å². The second kappa shape index (κ2) is 6.11. The van der Waals surface area contributed by atoms with Crippen molar-refractivity contribution in [2.75, 3.05) is 0 Å². The first-order valence-corrected chi connectivity index (χ1v) is 5.78. The maximum Gasteiger partial charge on any atom is 0.323 e. The van der Waals surface area contributed by atoms with Crippen LogP contribution in [-0.4, -0.2) is 23.7 Å². The van der Waals surface area contributed by atoms with E-state index in [1.54, 1.807) is 0 Å². The van der Waals surface area contributed by atoms with Crippen molar-refractivity contribution in [3.05, 3.63) is 0 Å². The number of ether oxygens (including phenoxy) is 1. The van der Waals surface area contributed by atoms with Crippen molar-refractivity contribution >= 4 is 5.97 Å². The third-order valence-electron chi connectivity index (χ3n) is 2.20. The lowest BCUT2D eigenvalue weighted by Gasteiger charge is -2.26. The molecule has 15 heavy (non-hydrogen) atoms. The summed E-state index contributed by atoms with van der Waals surface area (Å²) in [6, 6.07) is -0.245. The van der Waals surface area contributed by atoms with E-state index >= 15 is 0 Å². The van der Waals surface area contributed by atoms with Crippen LogP contribution in [0.1, 0.15) is 54.4 Å². The van der Waals surface area contributed by atoms with E-state index in [9.17, 15) is 4.79 Å². The summed E-state index contributed by atoms with van der Waals surface area (Å²) < 4.78 is 5.36. The van der Waals surface area contributed by atoms with Gasteiger partial charge in [-0.2, -0.15) is 0 Å². The summed E-state index contributed by atoms with van der Waals surface area (Å²) in [5.41, 5.74) is -0.0631. The molecule has 0 rings (SSSR count). The minimum Gasteiger partial charge on any atom is -0.461 e. The maximum absolute atomic E-state index is 11.7. The molecule has 1 atom stereocenters. The highest BCUT2D eigenvalue weighted by molar-refractivity contribution is 5.75. The molecule has 1 N–H and O–H groups in total. The average molecular weight is 215 g/mol. The fraction of sp³-hybridized carbons (Fsp3) is 0.917. The number of hydrogen-bond donors (Lipinski definition) is 1. The Morgan fingerprint density at radius 3 is 2.07 bits per heavy atom. The maximum atomic E-state index is 11.7. The van der Waals surface area contributed by atoms with Crippen LogP contribution in [0.2, 0.25) is 0 Å². The first-order valence-electron chi connectivity index (χ1n) is 5.78. The van der Waals surface area contributed by atoms with E-state index < -0.39 is 0 Å². The molecule has 3 heteroatoms. The Bertz CT molecular complexity index is 192. The van der Waals surface area contributed by atoms with Crippen LogP contribution in [-0.2, 0) is 9.53 Å². The third-order valence-corrected chi connectivity index (χ3v) is 2.20. The quantitative estimate of drug-likeness (QED) is 0.716. The van der Waals surface area contributed by atoms with Crippen LogP contribution in [0.5, 0.6) is 0 Å². The van der Waals surface area contributed by atoms with Gasteiger partial charge in [-0.1, -0.05) is 13.8 Å². The van der Waals surface area contributed by atoms with E-state index in [0.29, 0.717) is 0 Å². The van der Waals surface area contributed by atoms with Crippen LogP contribution in [0, 0.1) is 0 Å². The number of carbonyl (C=O) groups excluding carboxylic acids is 1. The minimum atomic E-state index is -0.245. The van der Waals surface area contributed by atoms with E-state index in [1.165, 1.54) is 0 Å². The monoisotopic (exact) mass is 215 g/mol. The molecule has 0 unspecified atom stereocenters. The summed E-state index contributed by atoms with van der Waals surface area (Å²) in [6.07, 6.45) is 1.82. The molecule has 0 amide bonds. The topological polar surface area (TPSA) is 38.3 Å². The van der Waals surface area contributed by atoms with E-state index in [1.807, 2.05) is 41.5 Å². The highest BCUT2D eigenvalue weighted by Crippen LogP contribution is 2.07. The van der Waals surface area contributed by atoms with Gasteiger partial charge in [0.1, 0.15) is 12.1 Å². The zero-order chi connectivity index (χ0) is 12.1. The van der Waals surface area contributed by atoms with Crippen LogP contribution in [0.25, 0.3) is 0 Å². The molecule has 0 radical (unpaired) electrons. The minimum absolute atomic E-state index is 0.0571. The number of hydrogen-bond acceptors (Lipinski definition) is 3. The van der Waals surface area contributed by atoms with E-state index in [4.69, 9.17) is 4.74 Å². The fourth-order valence-electron chi connectivity index (χ4n) is 1.43. The number of nitrogens with one attached hydrogen (secondary N) is 1. The van der Waals surface area contributed by atoms with Crippen molar-refractivity contribution in [3.8, 4) is 0 Å². The second-order valence-corrected chi connectivity index (χ2v) is 4.99. The Kier molecular flexibility index (Phi) is 5.88. The molecule has 0 aliphatic carbocycles. The van der Waals surface area contributed by atoms with E-state index in [-0.39, 0.29) is 23.7 Å². The van der Waals surface area contributed by atoms with Gasteiger partial charge in [-0.25, -0.2) is 0 Å². The Labute approximate surface area is 93.6 Å². The van der Waals surface area contributed by atoms with Gasteiger partial charge in [0.05, 0.1) is 0 Å². The van der Waals surface area contributed by atoms with Crippen LogP contribution >= 0.6 is 0 Å². The van der Waals surface area contributed by atoms with Crippen molar-refractivity contribution in [1.29, 1.82) is 0 Å². The average Bonchev–Trinajstić information content (AvgIpc) is 2.10. The molecule has 0 aromatic carbocycles. The molecular formula is C12H25NO2. The molecule has 0 fully saturated rings. The molecule has 0 spiro atoms. The Balaban J connectivity index is 4.09. The van der Waals surface area contributed by atoms with Gasteiger partial charge >= 0.3 is 5.97 Å². The summed E-state index contributed by atoms with van der Waals surface area (Å²) >= 11 is 0. The predicted octanol–water partition coefficient (Wildman–Crippen LogP) is 2.49. The lowest BCUT2D eigenvalue weighted by molar-refractivity contribution is -0.152. The highest BCUT2D eigenvalue weighted by Gasteiger charge is 2.22. The molecule has 3 nitrogen and oxygen atoms in total. The predicted molar refractivity (Wildman–Crippen MR) is 62.8 cm³/mol. The van der Waals surface area contributed by atoms with Gasteiger partial charge in [0.15, 0.2) is 0 Å². The molecule has 0 heterocycles. The van der Waals surface area contributed by atoms with Gasteiger partial charge in [0, 0.05) is 5.54 Å². The van der Waals surface area contributed by atoms with Gasteiger partial charge in [-0.15, -0.1) is 0 Å². The lowest BCUT2D eigenvalue weighted by atomic mass is 10.1. The third kappa shape index (κ3) is 6.50. The van der Waals surface area contributed by atoms with Crippen LogP contribution in [0.15, 0.2) is 0 Å². The summed E-state index contributed by atoms with van der Waals surface area (Å²) in [5, 5.41) is 3.20. The fourth-order valence-corrected chi connectivity index (χ4v) is 1.43. The van der Waals surface area contributed by atoms with Crippen molar-refractivity contribution in [2.45, 2.75) is 72.1 Å². The second-order valence-electron chi connectivity index (χ2n) is 4.99. The number of esters is 1. The smallest absolute Gasteiger partial charge is 0.323 e.